The molecule has 0 saturated heterocycles. The molecule has 1 N–H and O–H groups in total. The maximum absolute atomic E-state index is 11.2. The van der Waals surface area contributed by atoms with E-state index in [-0.39, 0.29) is 0 Å². The molecule has 2 heteroatoms. The normalized spacial score (nSPS) is 50.2. The molecule has 2 fully saturated rings. The van der Waals surface area contributed by atoms with Crippen LogP contribution in [0.15, 0.2) is 0 Å². The van der Waals surface area contributed by atoms with Crippen molar-refractivity contribution in [2.45, 2.75) is 51.0 Å². The lowest BCUT2D eigenvalue weighted by Crippen LogP contribution is -2.47. The highest BCUT2D eigenvalue weighted by molar-refractivity contribution is 5.63. The smallest absolute Gasteiger partial charge is 0.129 e. The zero-order chi connectivity index (χ0) is 9.53. The molecule has 0 amide bonds. The lowest BCUT2D eigenvalue weighted by molar-refractivity contribution is -0.137. The van der Waals surface area contributed by atoms with E-state index in [2.05, 4.69) is 0 Å². The quantitative estimate of drug-likeness (QED) is 0.629. The Labute approximate surface area is 79.3 Å². The molecule has 74 valence electrons. The van der Waals surface area contributed by atoms with Crippen molar-refractivity contribution < 1.29 is 9.90 Å². The Hall–Kier alpha value is -0.370. The zero-order valence-corrected chi connectivity index (χ0v) is 8.25. The third-order valence-corrected chi connectivity index (χ3v) is 4.31. The molecule has 2 aliphatic carbocycles. The predicted molar refractivity (Wildman–Crippen MR) is 50.3 cm³/mol. The van der Waals surface area contributed by atoms with Crippen molar-refractivity contribution in [3.05, 3.63) is 0 Å². The molecular weight excluding hydrogens is 164 g/mol. The third kappa shape index (κ3) is 1.08. The minimum atomic E-state index is -0.736. The van der Waals surface area contributed by atoms with Crippen LogP contribution in [-0.4, -0.2) is 17.0 Å². The molecule has 0 bridgehead atoms. The van der Waals surface area contributed by atoms with E-state index in [1.54, 1.807) is 0 Å². The number of fused-ring (bicyclic) bond motifs is 1. The van der Waals surface area contributed by atoms with Gasteiger partial charge in [0.25, 0.3) is 0 Å². The molecule has 0 heterocycles. The van der Waals surface area contributed by atoms with Crippen LogP contribution < -0.4 is 0 Å². The Kier molecular flexibility index (Phi) is 1.99. The van der Waals surface area contributed by atoms with E-state index in [1.807, 2.05) is 6.92 Å². The van der Waals surface area contributed by atoms with Crippen molar-refractivity contribution in [2.24, 2.45) is 11.3 Å². The second kappa shape index (κ2) is 2.81. The topological polar surface area (TPSA) is 37.3 Å². The van der Waals surface area contributed by atoms with Gasteiger partial charge >= 0.3 is 0 Å². The summed E-state index contributed by atoms with van der Waals surface area (Å²) >= 11 is 0. The van der Waals surface area contributed by atoms with Crippen molar-refractivity contribution in [3.8, 4) is 0 Å². The molecule has 3 atom stereocenters. The number of carbonyl (C=O) groups excluding carboxylic acids is 1. The first-order valence-corrected chi connectivity index (χ1v) is 5.31. The fourth-order valence-electron chi connectivity index (χ4n) is 3.35. The van der Waals surface area contributed by atoms with Gasteiger partial charge in [-0.05, 0) is 38.5 Å². The Morgan fingerprint density at radius 3 is 2.69 bits per heavy atom. The average Bonchev–Trinajstić information content (AvgIpc) is 2.40. The highest BCUT2D eigenvalue weighted by atomic mass is 16.3. The Bertz CT molecular complexity index is 222. The first-order valence-electron chi connectivity index (χ1n) is 5.31. The largest absolute Gasteiger partial charge is 0.389 e. The van der Waals surface area contributed by atoms with Crippen molar-refractivity contribution >= 4 is 6.29 Å². The van der Waals surface area contributed by atoms with Crippen LogP contribution in [0.1, 0.15) is 45.4 Å². The number of hydrogen-bond acceptors (Lipinski definition) is 2. The van der Waals surface area contributed by atoms with Crippen molar-refractivity contribution in [2.75, 3.05) is 0 Å². The van der Waals surface area contributed by atoms with E-state index in [9.17, 15) is 9.90 Å². The predicted octanol–water partition coefficient (Wildman–Crippen LogP) is 1.91. The van der Waals surface area contributed by atoms with Crippen LogP contribution in [0.3, 0.4) is 0 Å². The van der Waals surface area contributed by atoms with Crippen LogP contribution in [0.4, 0.5) is 0 Å². The Morgan fingerprint density at radius 1 is 1.31 bits per heavy atom. The van der Waals surface area contributed by atoms with Gasteiger partial charge in [0.1, 0.15) is 6.29 Å². The molecule has 0 radical (unpaired) electrons. The number of carbonyl (C=O) groups is 1. The summed E-state index contributed by atoms with van der Waals surface area (Å²) in [5.74, 6) is 0.453. The maximum Gasteiger partial charge on any atom is 0.129 e. The van der Waals surface area contributed by atoms with Crippen LogP contribution in [0.25, 0.3) is 0 Å². The molecule has 13 heavy (non-hydrogen) atoms. The lowest BCUT2D eigenvalue weighted by Gasteiger charge is -2.42. The zero-order valence-electron chi connectivity index (χ0n) is 8.25. The van der Waals surface area contributed by atoms with E-state index in [4.69, 9.17) is 0 Å². The summed E-state index contributed by atoms with van der Waals surface area (Å²) < 4.78 is 0. The molecule has 2 saturated carbocycles. The fourth-order valence-corrected chi connectivity index (χ4v) is 3.35. The van der Waals surface area contributed by atoms with E-state index in [0.29, 0.717) is 5.92 Å². The van der Waals surface area contributed by atoms with E-state index >= 15 is 0 Å². The summed E-state index contributed by atoms with van der Waals surface area (Å²) in [6, 6.07) is 0. The van der Waals surface area contributed by atoms with Crippen LogP contribution in [0.2, 0.25) is 0 Å². The number of aldehydes is 1. The van der Waals surface area contributed by atoms with Crippen molar-refractivity contribution in [1.29, 1.82) is 0 Å². The first kappa shape index (κ1) is 9.20. The standard InChI is InChI=1S/C11H18O2/c1-10(13)7-5-9-4-2-3-6-11(9,10)8-12/h8-9,13H,2-7H2,1H3/t9-,10-,11+/m0/s1. The van der Waals surface area contributed by atoms with Gasteiger partial charge in [0, 0.05) is 0 Å². The molecule has 0 aromatic carbocycles. The van der Waals surface area contributed by atoms with Crippen LogP contribution >= 0.6 is 0 Å². The van der Waals surface area contributed by atoms with Crippen molar-refractivity contribution in [1.82, 2.24) is 0 Å². The molecule has 0 aromatic rings. The lowest BCUT2D eigenvalue weighted by atomic mass is 9.64. The van der Waals surface area contributed by atoms with Gasteiger partial charge in [0.15, 0.2) is 0 Å². The average molecular weight is 182 g/mol. The molecule has 0 aromatic heterocycles. The van der Waals surface area contributed by atoms with Gasteiger partial charge in [0.05, 0.1) is 11.0 Å². The van der Waals surface area contributed by atoms with Gasteiger partial charge in [-0.3, -0.25) is 0 Å². The molecule has 2 aliphatic rings. The third-order valence-electron chi connectivity index (χ3n) is 4.31. The van der Waals surface area contributed by atoms with Crippen LogP contribution in [0, 0.1) is 11.3 Å². The molecule has 0 spiro atoms. The molecule has 0 aliphatic heterocycles. The minimum absolute atomic E-state index is 0.398. The molecule has 2 nitrogen and oxygen atoms in total. The first-order chi connectivity index (χ1) is 6.12. The number of aliphatic hydroxyl groups is 1. The van der Waals surface area contributed by atoms with Gasteiger partial charge in [0.2, 0.25) is 0 Å². The summed E-state index contributed by atoms with van der Waals surface area (Å²) in [7, 11) is 0. The summed E-state index contributed by atoms with van der Waals surface area (Å²) in [5, 5.41) is 10.2. The van der Waals surface area contributed by atoms with Gasteiger partial charge < -0.3 is 9.90 Å². The van der Waals surface area contributed by atoms with E-state index in [1.165, 1.54) is 6.42 Å². The second-order valence-corrected chi connectivity index (χ2v) is 4.91. The maximum atomic E-state index is 11.2. The van der Waals surface area contributed by atoms with E-state index < -0.39 is 11.0 Å². The summed E-state index contributed by atoms with van der Waals surface area (Å²) in [6.07, 6.45) is 7.25. The summed E-state index contributed by atoms with van der Waals surface area (Å²) in [4.78, 5) is 11.2. The van der Waals surface area contributed by atoms with Gasteiger partial charge in [-0.15, -0.1) is 0 Å². The van der Waals surface area contributed by atoms with Gasteiger partial charge in [-0.25, -0.2) is 0 Å². The second-order valence-electron chi connectivity index (χ2n) is 4.91. The minimum Gasteiger partial charge on any atom is -0.389 e. The van der Waals surface area contributed by atoms with Crippen molar-refractivity contribution in [3.63, 3.8) is 0 Å². The Morgan fingerprint density at radius 2 is 2.08 bits per heavy atom. The highest BCUT2D eigenvalue weighted by Crippen LogP contribution is 2.56. The highest BCUT2D eigenvalue weighted by Gasteiger charge is 2.57. The SMILES string of the molecule is C[C@]1(O)CC[C@@H]2CCCC[C@@]21C=O. The van der Waals surface area contributed by atoms with E-state index in [0.717, 1.165) is 38.4 Å². The van der Waals surface area contributed by atoms with Crippen LogP contribution in [0.5, 0.6) is 0 Å². The van der Waals surface area contributed by atoms with Gasteiger partial charge in [-0.1, -0.05) is 12.8 Å². The Balaban J connectivity index is 2.34. The molecule has 0 unspecified atom stereocenters. The van der Waals surface area contributed by atoms with Crippen LogP contribution in [-0.2, 0) is 4.79 Å². The number of hydrogen-bond donors (Lipinski definition) is 1. The molecule has 2 rings (SSSR count). The van der Waals surface area contributed by atoms with Gasteiger partial charge in [-0.2, -0.15) is 0 Å². The number of rotatable bonds is 1. The monoisotopic (exact) mass is 182 g/mol. The fraction of sp³-hybridized carbons (Fsp3) is 0.909. The molecular formula is C11H18O2. The summed E-state index contributed by atoms with van der Waals surface area (Å²) in [6.45, 7) is 1.84. The summed E-state index contributed by atoms with van der Waals surface area (Å²) in [5.41, 5.74) is -1.13.